The fourth-order valence-electron chi connectivity index (χ4n) is 2.29. The van der Waals surface area contributed by atoms with Crippen molar-refractivity contribution in [3.05, 3.63) is 59.7 Å². The van der Waals surface area contributed by atoms with Gasteiger partial charge < -0.3 is 4.74 Å². The van der Waals surface area contributed by atoms with E-state index in [9.17, 15) is 26.3 Å². The molecule has 2 aromatic carbocycles. The number of halogens is 6. The summed E-state index contributed by atoms with van der Waals surface area (Å²) in [6.07, 6.45) is -11.1. The Morgan fingerprint density at radius 1 is 0.600 bits per heavy atom. The van der Waals surface area contributed by atoms with Crippen LogP contribution in [0.3, 0.4) is 0 Å². The van der Waals surface area contributed by atoms with Crippen LogP contribution in [0.15, 0.2) is 48.5 Å². The smallest absolute Gasteiger partial charge is 0.389 e. The Morgan fingerprint density at radius 3 is 1.32 bits per heavy atom. The van der Waals surface area contributed by atoms with Gasteiger partial charge in [-0.2, -0.15) is 26.3 Å². The van der Waals surface area contributed by atoms with Crippen LogP contribution >= 0.6 is 0 Å². The molecule has 0 saturated heterocycles. The molecule has 2 rings (SSSR count). The molecule has 25 heavy (non-hydrogen) atoms. The maximum Gasteiger partial charge on any atom is 0.389 e. The molecule has 0 aliphatic rings. The van der Waals surface area contributed by atoms with Crippen LogP contribution in [-0.4, -0.2) is 12.4 Å². The maximum absolute atomic E-state index is 12.4. The van der Waals surface area contributed by atoms with Gasteiger partial charge in [0.2, 0.25) is 0 Å². The Labute approximate surface area is 141 Å². The molecule has 0 aliphatic carbocycles. The second kappa shape index (κ2) is 7.80. The molecule has 0 unspecified atom stereocenters. The van der Waals surface area contributed by atoms with Crippen molar-refractivity contribution in [2.24, 2.45) is 0 Å². The predicted molar refractivity (Wildman–Crippen MR) is 81.7 cm³/mol. The van der Waals surface area contributed by atoms with Gasteiger partial charge in [-0.25, -0.2) is 0 Å². The Kier molecular flexibility index (Phi) is 5.98. The van der Waals surface area contributed by atoms with E-state index in [-0.39, 0.29) is 24.3 Å². The van der Waals surface area contributed by atoms with E-state index in [1.165, 1.54) is 24.3 Å². The van der Waals surface area contributed by atoms with Gasteiger partial charge in [-0.05, 0) is 36.1 Å². The summed E-state index contributed by atoms with van der Waals surface area (Å²) in [6, 6.07) is 12.4. The highest BCUT2D eigenvalue weighted by molar-refractivity contribution is 5.41. The molecule has 136 valence electrons. The first-order valence-electron chi connectivity index (χ1n) is 7.61. The van der Waals surface area contributed by atoms with Crippen molar-refractivity contribution in [2.45, 2.75) is 38.0 Å². The summed E-state index contributed by atoms with van der Waals surface area (Å²) < 4.78 is 80.2. The van der Waals surface area contributed by atoms with Gasteiger partial charge in [-0.15, -0.1) is 0 Å². The second-order valence-corrected chi connectivity index (χ2v) is 5.55. The highest BCUT2D eigenvalue weighted by atomic mass is 19.4. The number of rotatable bonds is 6. The third-order valence-electron chi connectivity index (χ3n) is 3.52. The Morgan fingerprint density at radius 2 is 0.960 bits per heavy atom. The van der Waals surface area contributed by atoms with Crippen molar-refractivity contribution >= 4 is 0 Å². The van der Waals surface area contributed by atoms with Crippen molar-refractivity contribution in [3.8, 4) is 11.5 Å². The van der Waals surface area contributed by atoms with E-state index in [1.54, 1.807) is 24.3 Å². The summed E-state index contributed by atoms with van der Waals surface area (Å²) in [7, 11) is 0. The molecular weight excluding hydrogens is 346 g/mol. The van der Waals surface area contributed by atoms with Crippen molar-refractivity contribution in [3.63, 3.8) is 0 Å². The molecule has 0 N–H and O–H groups in total. The van der Waals surface area contributed by atoms with Gasteiger partial charge in [0.05, 0.1) is 0 Å². The second-order valence-electron chi connectivity index (χ2n) is 5.55. The summed E-state index contributed by atoms with van der Waals surface area (Å²) in [4.78, 5) is 0. The Balaban J connectivity index is 2.17. The zero-order valence-corrected chi connectivity index (χ0v) is 13.1. The molecule has 0 aliphatic heterocycles. The van der Waals surface area contributed by atoms with Crippen LogP contribution < -0.4 is 4.74 Å². The van der Waals surface area contributed by atoms with Crippen LogP contribution in [0.4, 0.5) is 26.3 Å². The standard InChI is InChI=1S/C18H16F6O/c19-17(20,21)11-9-13-5-1-3-7-15(13)25-16-8-4-2-6-14(16)10-12-18(22,23)24/h1-8H,9-12H2. The summed E-state index contributed by atoms with van der Waals surface area (Å²) in [5.74, 6) is 0.428. The van der Waals surface area contributed by atoms with Crippen LogP contribution in [0.5, 0.6) is 11.5 Å². The van der Waals surface area contributed by atoms with Gasteiger partial charge in [0.25, 0.3) is 0 Å². The van der Waals surface area contributed by atoms with E-state index >= 15 is 0 Å². The molecule has 0 fully saturated rings. The number of aryl methyl sites for hydroxylation is 2. The van der Waals surface area contributed by atoms with Gasteiger partial charge in [0, 0.05) is 12.8 Å². The first kappa shape index (κ1) is 19.1. The lowest BCUT2D eigenvalue weighted by Gasteiger charge is -2.15. The minimum atomic E-state index is -4.29. The van der Waals surface area contributed by atoms with E-state index in [0.717, 1.165) is 0 Å². The number of benzene rings is 2. The number of para-hydroxylation sites is 2. The van der Waals surface area contributed by atoms with Crippen LogP contribution in [-0.2, 0) is 12.8 Å². The third kappa shape index (κ3) is 6.68. The summed E-state index contributed by atoms with van der Waals surface area (Å²) >= 11 is 0. The predicted octanol–water partition coefficient (Wildman–Crippen LogP) is 6.47. The quantitative estimate of drug-likeness (QED) is 0.535. The molecule has 2 aromatic rings. The minimum absolute atomic E-state index is 0.214. The molecule has 0 spiro atoms. The van der Waals surface area contributed by atoms with Gasteiger partial charge in [-0.1, -0.05) is 36.4 Å². The molecule has 0 aromatic heterocycles. The fourth-order valence-corrected chi connectivity index (χ4v) is 2.29. The molecule has 0 amide bonds. The molecule has 0 saturated carbocycles. The van der Waals surface area contributed by atoms with Gasteiger partial charge >= 0.3 is 12.4 Å². The zero-order chi connectivity index (χ0) is 18.5. The first-order valence-corrected chi connectivity index (χ1v) is 7.61. The van der Waals surface area contributed by atoms with Gasteiger partial charge in [0.15, 0.2) is 0 Å². The lowest BCUT2D eigenvalue weighted by Crippen LogP contribution is -2.09. The van der Waals surface area contributed by atoms with Crippen LogP contribution in [0.25, 0.3) is 0 Å². The number of hydrogen-bond donors (Lipinski definition) is 0. The van der Waals surface area contributed by atoms with E-state index in [1.807, 2.05) is 0 Å². The van der Waals surface area contributed by atoms with Gasteiger partial charge in [0.1, 0.15) is 11.5 Å². The monoisotopic (exact) mass is 362 g/mol. The first-order chi connectivity index (χ1) is 11.6. The Bertz CT molecular complexity index is 631. The van der Waals surface area contributed by atoms with Gasteiger partial charge in [-0.3, -0.25) is 0 Å². The van der Waals surface area contributed by atoms with E-state index in [2.05, 4.69) is 0 Å². The van der Waals surface area contributed by atoms with Crippen molar-refractivity contribution in [1.82, 2.24) is 0 Å². The molecule has 0 atom stereocenters. The van der Waals surface area contributed by atoms with E-state index in [0.29, 0.717) is 11.1 Å². The zero-order valence-electron chi connectivity index (χ0n) is 13.1. The average molecular weight is 362 g/mol. The van der Waals surface area contributed by atoms with Crippen molar-refractivity contribution < 1.29 is 31.1 Å². The lowest BCUT2D eigenvalue weighted by atomic mass is 10.1. The maximum atomic E-state index is 12.4. The fraction of sp³-hybridized carbons (Fsp3) is 0.333. The molecule has 7 heteroatoms. The Hall–Kier alpha value is -2.18. The number of ether oxygens (including phenoxy) is 1. The number of hydrogen-bond acceptors (Lipinski definition) is 1. The van der Waals surface area contributed by atoms with Crippen LogP contribution in [0, 0.1) is 0 Å². The highest BCUT2D eigenvalue weighted by Crippen LogP contribution is 2.32. The van der Waals surface area contributed by atoms with E-state index < -0.39 is 25.2 Å². The minimum Gasteiger partial charge on any atom is -0.457 e. The summed E-state index contributed by atoms with van der Waals surface area (Å²) in [5, 5.41) is 0. The van der Waals surface area contributed by atoms with Crippen LogP contribution in [0.2, 0.25) is 0 Å². The molecule has 0 radical (unpaired) electrons. The summed E-state index contributed by atoms with van der Waals surface area (Å²) in [6.45, 7) is 0. The van der Waals surface area contributed by atoms with E-state index in [4.69, 9.17) is 4.74 Å². The lowest BCUT2D eigenvalue weighted by molar-refractivity contribution is -0.134. The largest absolute Gasteiger partial charge is 0.457 e. The molecular formula is C18H16F6O. The number of alkyl halides is 6. The molecule has 1 nitrogen and oxygen atoms in total. The molecule has 0 bridgehead atoms. The van der Waals surface area contributed by atoms with Crippen molar-refractivity contribution in [2.75, 3.05) is 0 Å². The average Bonchev–Trinajstić information content (AvgIpc) is 2.52. The SMILES string of the molecule is FC(F)(F)CCc1ccccc1Oc1ccccc1CCC(F)(F)F. The summed E-state index contributed by atoms with van der Waals surface area (Å²) in [5.41, 5.74) is 0.705. The third-order valence-corrected chi connectivity index (χ3v) is 3.52. The highest BCUT2D eigenvalue weighted by Gasteiger charge is 2.28. The topological polar surface area (TPSA) is 9.23 Å². The molecule has 0 heterocycles. The van der Waals surface area contributed by atoms with Crippen molar-refractivity contribution in [1.29, 1.82) is 0 Å². The normalized spacial score (nSPS) is 12.2. The van der Waals surface area contributed by atoms with Crippen LogP contribution in [0.1, 0.15) is 24.0 Å².